The molecule has 0 aliphatic heterocycles. The molecule has 5 heteroatoms. The van der Waals surface area contributed by atoms with Gasteiger partial charge in [0.05, 0.1) is 4.88 Å². The summed E-state index contributed by atoms with van der Waals surface area (Å²) < 4.78 is 5.34. The van der Waals surface area contributed by atoms with Crippen molar-refractivity contribution in [1.82, 2.24) is 0 Å². The van der Waals surface area contributed by atoms with Crippen LogP contribution >= 0.6 is 22.9 Å². The molecule has 0 spiro atoms. The molecule has 0 aliphatic carbocycles. The molecule has 1 atom stereocenters. The number of halogens is 1. The second-order valence-electron chi connectivity index (χ2n) is 6.41. The maximum absolute atomic E-state index is 11.9. The Bertz CT molecular complexity index is 900. The lowest BCUT2D eigenvalue weighted by Crippen LogP contribution is -2.84. The minimum atomic E-state index is -0.315. The standard InChI is InChI=1S/C19H20ClNO2S/c1-11(2)19(17-5-4-6-24-17)21-10-13-8-18(22)23-16-7-12(3)15(20)9-14(13)16/h4-9,11,19,21H,10H2,1-3H3/p+1/t19-/m0/s1. The number of fused-ring (bicyclic) bond motifs is 1. The Morgan fingerprint density at radius 2 is 2.08 bits per heavy atom. The lowest BCUT2D eigenvalue weighted by molar-refractivity contribution is -0.716. The third-order valence-corrected chi connectivity index (χ3v) is 5.67. The van der Waals surface area contributed by atoms with Crippen LogP contribution in [0, 0.1) is 12.8 Å². The van der Waals surface area contributed by atoms with Crippen LogP contribution in [0.4, 0.5) is 0 Å². The monoisotopic (exact) mass is 362 g/mol. The number of aryl methyl sites for hydroxylation is 1. The Labute approximate surface area is 150 Å². The average molecular weight is 363 g/mol. The molecule has 0 saturated carbocycles. The lowest BCUT2D eigenvalue weighted by atomic mass is 10.0. The summed E-state index contributed by atoms with van der Waals surface area (Å²) in [5.41, 5.74) is 2.16. The fraction of sp³-hybridized carbons (Fsp3) is 0.316. The highest BCUT2D eigenvalue weighted by Crippen LogP contribution is 2.26. The van der Waals surface area contributed by atoms with Crippen molar-refractivity contribution < 1.29 is 9.73 Å². The van der Waals surface area contributed by atoms with Crippen LogP contribution in [0.1, 0.15) is 35.9 Å². The summed E-state index contributed by atoms with van der Waals surface area (Å²) in [5, 5.41) is 6.00. The van der Waals surface area contributed by atoms with Crippen LogP contribution in [0.15, 0.2) is 44.9 Å². The van der Waals surface area contributed by atoms with Crippen LogP contribution < -0.4 is 10.9 Å². The first kappa shape index (κ1) is 17.2. The van der Waals surface area contributed by atoms with E-state index in [-0.39, 0.29) is 5.63 Å². The van der Waals surface area contributed by atoms with Gasteiger partial charge in [-0.1, -0.05) is 31.5 Å². The van der Waals surface area contributed by atoms with E-state index in [9.17, 15) is 4.79 Å². The number of hydrogen-bond acceptors (Lipinski definition) is 3. The van der Waals surface area contributed by atoms with Crippen LogP contribution in [0.2, 0.25) is 5.02 Å². The molecule has 2 heterocycles. The Kier molecular flexibility index (Phi) is 5.09. The molecular formula is C19H21ClNO2S+. The Morgan fingerprint density at radius 1 is 1.29 bits per heavy atom. The minimum Gasteiger partial charge on any atom is -0.423 e. The fourth-order valence-corrected chi connectivity index (χ4v) is 4.13. The molecule has 0 saturated heterocycles. The molecule has 0 unspecified atom stereocenters. The van der Waals surface area contributed by atoms with Gasteiger partial charge in [-0.2, -0.15) is 0 Å². The van der Waals surface area contributed by atoms with Crippen LogP contribution in [0.3, 0.4) is 0 Å². The molecule has 0 fully saturated rings. The molecule has 2 aromatic heterocycles. The van der Waals surface area contributed by atoms with E-state index in [4.69, 9.17) is 16.0 Å². The highest BCUT2D eigenvalue weighted by atomic mass is 35.5. The third-order valence-electron chi connectivity index (χ3n) is 4.29. The maximum Gasteiger partial charge on any atom is 0.336 e. The highest BCUT2D eigenvalue weighted by molar-refractivity contribution is 7.10. The summed E-state index contributed by atoms with van der Waals surface area (Å²) in [6, 6.07) is 9.93. The Balaban J connectivity index is 1.94. The average Bonchev–Trinajstić information content (AvgIpc) is 3.03. The first-order valence-electron chi connectivity index (χ1n) is 8.05. The predicted molar refractivity (Wildman–Crippen MR) is 99.8 cm³/mol. The van der Waals surface area contributed by atoms with E-state index in [0.29, 0.717) is 29.1 Å². The van der Waals surface area contributed by atoms with Crippen molar-refractivity contribution in [2.45, 2.75) is 33.4 Å². The fourth-order valence-electron chi connectivity index (χ4n) is 2.97. The van der Waals surface area contributed by atoms with E-state index in [2.05, 4.69) is 36.7 Å². The van der Waals surface area contributed by atoms with Crippen molar-refractivity contribution in [3.05, 3.63) is 67.2 Å². The van der Waals surface area contributed by atoms with Crippen LogP contribution in [0.25, 0.3) is 11.0 Å². The van der Waals surface area contributed by atoms with E-state index in [1.165, 1.54) is 4.88 Å². The number of hydrogen-bond donors (Lipinski definition) is 1. The zero-order valence-electron chi connectivity index (χ0n) is 14.0. The number of benzene rings is 1. The Morgan fingerprint density at radius 3 is 2.75 bits per heavy atom. The minimum absolute atomic E-state index is 0.315. The second-order valence-corrected chi connectivity index (χ2v) is 7.80. The van der Waals surface area contributed by atoms with Gasteiger partial charge in [0, 0.05) is 28.0 Å². The molecule has 3 aromatic rings. The Hall–Kier alpha value is -1.62. The first-order chi connectivity index (χ1) is 11.5. The molecular weight excluding hydrogens is 342 g/mol. The van der Waals surface area contributed by atoms with Crippen molar-refractivity contribution in [1.29, 1.82) is 0 Å². The van der Waals surface area contributed by atoms with Gasteiger partial charge in [-0.3, -0.25) is 0 Å². The molecule has 3 nitrogen and oxygen atoms in total. The van der Waals surface area contributed by atoms with Gasteiger partial charge in [-0.05, 0) is 36.1 Å². The summed E-state index contributed by atoms with van der Waals surface area (Å²) in [4.78, 5) is 13.2. The van der Waals surface area contributed by atoms with Crippen LogP contribution in [0.5, 0.6) is 0 Å². The lowest BCUT2D eigenvalue weighted by Gasteiger charge is -2.18. The van der Waals surface area contributed by atoms with Gasteiger partial charge in [0.15, 0.2) is 0 Å². The number of rotatable bonds is 5. The second kappa shape index (κ2) is 7.09. The molecule has 3 rings (SSSR count). The summed E-state index contributed by atoms with van der Waals surface area (Å²) in [6.45, 7) is 7.06. The SMILES string of the molecule is Cc1cc2oc(=O)cc(C[NH2+][C@H](c3cccs3)C(C)C)c2cc1Cl. The highest BCUT2D eigenvalue weighted by Gasteiger charge is 2.21. The van der Waals surface area contributed by atoms with Gasteiger partial charge >= 0.3 is 5.63 Å². The zero-order valence-corrected chi connectivity index (χ0v) is 15.6. The van der Waals surface area contributed by atoms with Gasteiger partial charge in [0.2, 0.25) is 0 Å². The first-order valence-corrected chi connectivity index (χ1v) is 9.31. The van der Waals surface area contributed by atoms with Gasteiger partial charge in [0.1, 0.15) is 18.2 Å². The number of nitrogens with two attached hydrogens (primary N) is 1. The van der Waals surface area contributed by atoms with Crippen molar-refractivity contribution in [2.75, 3.05) is 0 Å². The van der Waals surface area contributed by atoms with E-state index in [1.54, 1.807) is 17.4 Å². The van der Waals surface area contributed by atoms with E-state index >= 15 is 0 Å². The third kappa shape index (κ3) is 3.56. The van der Waals surface area contributed by atoms with Gasteiger partial charge in [-0.25, -0.2) is 4.79 Å². The molecule has 1 aromatic carbocycles. The zero-order chi connectivity index (χ0) is 17.3. The summed E-state index contributed by atoms with van der Waals surface area (Å²) >= 11 is 8.04. The molecule has 0 amide bonds. The normalized spacial score (nSPS) is 12.9. The largest absolute Gasteiger partial charge is 0.423 e. The summed E-state index contributed by atoms with van der Waals surface area (Å²) in [5.74, 6) is 0.501. The number of quaternary nitrogens is 1. The van der Waals surface area contributed by atoms with Crippen molar-refractivity contribution in [3.8, 4) is 0 Å². The summed E-state index contributed by atoms with van der Waals surface area (Å²) in [7, 11) is 0. The molecule has 24 heavy (non-hydrogen) atoms. The molecule has 0 bridgehead atoms. The van der Waals surface area contributed by atoms with E-state index in [0.717, 1.165) is 16.5 Å². The topological polar surface area (TPSA) is 46.8 Å². The molecule has 0 radical (unpaired) electrons. The van der Waals surface area contributed by atoms with Crippen molar-refractivity contribution >= 4 is 33.9 Å². The maximum atomic E-state index is 11.9. The van der Waals surface area contributed by atoms with Crippen LogP contribution in [-0.2, 0) is 6.54 Å². The molecule has 0 aliphatic rings. The molecule has 126 valence electrons. The summed E-state index contributed by atoms with van der Waals surface area (Å²) in [6.07, 6.45) is 0. The molecule has 2 N–H and O–H groups in total. The number of thiophene rings is 1. The van der Waals surface area contributed by atoms with E-state index in [1.807, 2.05) is 19.1 Å². The van der Waals surface area contributed by atoms with Crippen molar-refractivity contribution in [3.63, 3.8) is 0 Å². The van der Waals surface area contributed by atoms with Gasteiger partial charge in [-0.15, -0.1) is 11.3 Å². The van der Waals surface area contributed by atoms with E-state index < -0.39 is 0 Å². The smallest absolute Gasteiger partial charge is 0.336 e. The predicted octanol–water partition coefficient (Wildman–Crippen LogP) is 4.28. The van der Waals surface area contributed by atoms with Crippen molar-refractivity contribution in [2.24, 2.45) is 5.92 Å². The van der Waals surface area contributed by atoms with Crippen LogP contribution in [-0.4, -0.2) is 0 Å². The van der Waals surface area contributed by atoms with Gasteiger partial charge in [0.25, 0.3) is 0 Å². The quantitative estimate of drug-likeness (QED) is 0.689. The van der Waals surface area contributed by atoms with Gasteiger partial charge < -0.3 is 9.73 Å².